The number of rotatable bonds is 8. The summed E-state index contributed by atoms with van der Waals surface area (Å²) in [6.45, 7) is 2.19. The molecule has 1 fully saturated rings. The van der Waals surface area contributed by atoms with Gasteiger partial charge in [0.25, 0.3) is 5.91 Å². The quantitative estimate of drug-likeness (QED) is 0.673. The second-order valence-electron chi connectivity index (χ2n) is 6.96. The fourth-order valence-electron chi connectivity index (χ4n) is 3.34. The van der Waals surface area contributed by atoms with Gasteiger partial charge in [-0.15, -0.1) is 0 Å². The monoisotopic (exact) mass is 395 g/mol. The first-order chi connectivity index (χ1) is 14.0. The third-order valence-corrected chi connectivity index (χ3v) is 5.01. The lowest BCUT2D eigenvalue weighted by molar-refractivity contribution is -0.129. The second-order valence-corrected chi connectivity index (χ2v) is 6.96. The van der Waals surface area contributed by atoms with E-state index in [1.807, 2.05) is 61.5 Å². The topological polar surface area (TPSA) is 87.7 Å². The minimum Gasteiger partial charge on any atom is -0.497 e. The molecule has 1 aliphatic rings. The molecule has 0 aliphatic carbocycles. The van der Waals surface area contributed by atoms with E-state index >= 15 is 0 Å². The van der Waals surface area contributed by atoms with Crippen LogP contribution < -0.4 is 15.4 Å². The van der Waals surface area contributed by atoms with Gasteiger partial charge in [0.2, 0.25) is 5.91 Å². The molecule has 2 atom stereocenters. The van der Waals surface area contributed by atoms with Crippen molar-refractivity contribution in [3.63, 3.8) is 0 Å². The Morgan fingerprint density at radius 2 is 1.93 bits per heavy atom. The van der Waals surface area contributed by atoms with Crippen molar-refractivity contribution in [1.29, 1.82) is 0 Å². The van der Waals surface area contributed by atoms with Crippen molar-refractivity contribution >= 4 is 17.8 Å². The van der Waals surface area contributed by atoms with Crippen LogP contribution in [0.25, 0.3) is 0 Å². The van der Waals surface area contributed by atoms with E-state index in [2.05, 4.69) is 10.6 Å². The Hall–Kier alpha value is -3.35. The molecule has 2 aromatic carbocycles. The highest BCUT2D eigenvalue weighted by Gasteiger charge is 2.40. The van der Waals surface area contributed by atoms with Crippen molar-refractivity contribution in [3.05, 3.63) is 65.7 Å². The van der Waals surface area contributed by atoms with Gasteiger partial charge in [0.05, 0.1) is 13.2 Å². The Morgan fingerprint density at radius 3 is 2.66 bits per heavy atom. The summed E-state index contributed by atoms with van der Waals surface area (Å²) in [7, 11) is 1.59. The van der Waals surface area contributed by atoms with Gasteiger partial charge in [0.1, 0.15) is 11.8 Å². The van der Waals surface area contributed by atoms with Crippen molar-refractivity contribution in [3.8, 4) is 5.75 Å². The van der Waals surface area contributed by atoms with Crippen LogP contribution in [-0.4, -0.2) is 35.9 Å². The van der Waals surface area contributed by atoms with Gasteiger partial charge < -0.3 is 15.4 Å². The summed E-state index contributed by atoms with van der Waals surface area (Å²) >= 11 is 0. The molecule has 2 aromatic rings. The van der Waals surface area contributed by atoms with E-state index in [0.717, 1.165) is 16.9 Å². The van der Waals surface area contributed by atoms with Gasteiger partial charge in [-0.05, 0) is 36.6 Å². The largest absolute Gasteiger partial charge is 0.497 e. The Labute approximate surface area is 170 Å². The smallest absolute Gasteiger partial charge is 0.325 e. The third kappa shape index (κ3) is 4.93. The number of hydrogen-bond donors (Lipinski definition) is 2. The summed E-state index contributed by atoms with van der Waals surface area (Å²) in [4.78, 5) is 38.4. The zero-order chi connectivity index (χ0) is 20.8. The summed E-state index contributed by atoms with van der Waals surface area (Å²) in [6.07, 6.45) is 0.404. The fourth-order valence-corrected chi connectivity index (χ4v) is 3.34. The van der Waals surface area contributed by atoms with Gasteiger partial charge >= 0.3 is 6.03 Å². The number of carbonyl (C=O) groups excluding carboxylic acids is 3. The average Bonchev–Trinajstić information content (AvgIpc) is 3.04. The van der Waals surface area contributed by atoms with Crippen LogP contribution >= 0.6 is 0 Å². The zero-order valence-electron chi connectivity index (χ0n) is 16.6. The van der Waals surface area contributed by atoms with Crippen LogP contribution in [0.5, 0.6) is 5.75 Å². The van der Waals surface area contributed by atoms with Crippen LogP contribution in [0.2, 0.25) is 0 Å². The molecule has 0 spiro atoms. The summed E-state index contributed by atoms with van der Waals surface area (Å²) < 4.78 is 5.16. The number of carbonyl (C=O) groups is 3. The van der Waals surface area contributed by atoms with Crippen molar-refractivity contribution in [2.24, 2.45) is 0 Å². The number of nitrogens with one attached hydrogen (secondary N) is 2. The highest BCUT2D eigenvalue weighted by molar-refractivity contribution is 6.04. The van der Waals surface area contributed by atoms with E-state index in [0.29, 0.717) is 6.54 Å². The molecular formula is C22H25N3O4. The number of nitrogens with zero attached hydrogens (tertiary/aromatic N) is 1. The van der Waals surface area contributed by atoms with E-state index in [1.165, 1.54) is 4.90 Å². The first-order valence-electron chi connectivity index (χ1n) is 9.57. The molecule has 1 saturated heterocycles. The first-order valence-corrected chi connectivity index (χ1v) is 9.57. The van der Waals surface area contributed by atoms with Crippen LogP contribution in [0, 0.1) is 0 Å². The maximum absolute atomic E-state index is 12.7. The molecule has 7 heteroatoms. The van der Waals surface area contributed by atoms with E-state index in [4.69, 9.17) is 4.74 Å². The van der Waals surface area contributed by atoms with E-state index in [1.54, 1.807) is 7.11 Å². The summed E-state index contributed by atoms with van der Waals surface area (Å²) in [5.74, 6) is 0.250. The van der Waals surface area contributed by atoms with Crippen molar-refractivity contribution in [2.75, 3.05) is 7.11 Å². The Kier molecular flexibility index (Phi) is 6.49. The predicted molar refractivity (Wildman–Crippen MR) is 108 cm³/mol. The first kappa shape index (κ1) is 20.4. The number of benzene rings is 2. The number of ether oxygens (including phenoxy) is 1. The van der Waals surface area contributed by atoms with E-state index in [9.17, 15) is 14.4 Å². The molecule has 7 nitrogen and oxygen atoms in total. The van der Waals surface area contributed by atoms with Crippen LogP contribution in [0.4, 0.5) is 4.79 Å². The van der Waals surface area contributed by atoms with Gasteiger partial charge in [0, 0.05) is 13.0 Å². The highest BCUT2D eigenvalue weighted by atomic mass is 16.5. The molecule has 29 heavy (non-hydrogen) atoms. The van der Waals surface area contributed by atoms with Gasteiger partial charge in [-0.25, -0.2) is 4.79 Å². The molecule has 0 bridgehead atoms. The van der Waals surface area contributed by atoms with Gasteiger partial charge in [-0.2, -0.15) is 0 Å². The summed E-state index contributed by atoms with van der Waals surface area (Å²) in [5.41, 5.74) is 1.80. The maximum Gasteiger partial charge on any atom is 0.325 e. The number of imide groups is 1. The Morgan fingerprint density at radius 1 is 1.17 bits per heavy atom. The molecule has 4 amide bonds. The van der Waals surface area contributed by atoms with Crippen molar-refractivity contribution in [2.45, 2.75) is 38.4 Å². The standard InChI is InChI=1S/C22H25N3O4/c1-15(17-8-4-3-5-9-17)25-21(27)19(24-22(25)28)11-12-20(26)23-14-16-7-6-10-18(13-16)29-2/h3-10,13,15,19H,11-12,14H2,1-2H3,(H,23,26)(H,24,28)/t15-,19-/m0/s1. The lowest BCUT2D eigenvalue weighted by Gasteiger charge is -2.21. The van der Waals surface area contributed by atoms with Gasteiger partial charge in [-0.1, -0.05) is 42.5 Å². The minimum atomic E-state index is -0.684. The molecule has 1 aliphatic heterocycles. The van der Waals surface area contributed by atoms with E-state index < -0.39 is 12.1 Å². The minimum absolute atomic E-state index is 0.147. The average molecular weight is 395 g/mol. The van der Waals surface area contributed by atoms with Gasteiger partial charge in [-0.3, -0.25) is 14.5 Å². The normalized spacial score (nSPS) is 17.0. The highest BCUT2D eigenvalue weighted by Crippen LogP contribution is 2.25. The number of methoxy groups -OCH3 is 1. The molecular weight excluding hydrogens is 370 g/mol. The summed E-state index contributed by atoms with van der Waals surface area (Å²) in [6, 6.07) is 15.3. The van der Waals surface area contributed by atoms with E-state index in [-0.39, 0.29) is 30.7 Å². The molecule has 1 heterocycles. The number of amides is 4. The fraction of sp³-hybridized carbons (Fsp3) is 0.318. The van der Waals surface area contributed by atoms with Crippen molar-refractivity contribution in [1.82, 2.24) is 15.5 Å². The lowest BCUT2D eigenvalue weighted by Crippen LogP contribution is -2.34. The summed E-state index contributed by atoms with van der Waals surface area (Å²) in [5, 5.41) is 5.52. The van der Waals surface area contributed by atoms with Crippen LogP contribution in [0.15, 0.2) is 54.6 Å². The number of hydrogen-bond acceptors (Lipinski definition) is 4. The SMILES string of the molecule is COc1cccc(CNC(=O)CC[C@@H]2NC(=O)N([C@@H](C)c3ccccc3)C2=O)c1. The number of urea groups is 1. The molecule has 0 unspecified atom stereocenters. The lowest BCUT2D eigenvalue weighted by atomic mass is 10.1. The molecule has 152 valence electrons. The second kappa shape index (κ2) is 9.23. The molecule has 0 radical (unpaired) electrons. The third-order valence-electron chi connectivity index (χ3n) is 5.01. The van der Waals surface area contributed by atoms with Gasteiger partial charge in [0.15, 0.2) is 0 Å². The zero-order valence-corrected chi connectivity index (χ0v) is 16.6. The van der Waals surface area contributed by atoms with Crippen LogP contribution in [0.1, 0.15) is 36.9 Å². The maximum atomic E-state index is 12.7. The molecule has 2 N–H and O–H groups in total. The van der Waals surface area contributed by atoms with Crippen LogP contribution in [-0.2, 0) is 16.1 Å². The molecule has 0 saturated carbocycles. The van der Waals surface area contributed by atoms with Crippen molar-refractivity contribution < 1.29 is 19.1 Å². The van der Waals surface area contributed by atoms with Crippen LogP contribution in [0.3, 0.4) is 0 Å². The Balaban J connectivity index is 1.51. The predicted octanol–water partition coefficient (Wildman–Crippen LogP) is 2.77. The molecule has 3 rings (SSSR count). The Bertz CT molecular complexity index is 885. The molecule has 0 aromatic heterocycles.